The Balaban J connectivity index is 1.64. The van der Waals surface area contributed by atoms with E-state index in [1.165, 1.54) is 12.1 Å². The number of hydrogen-bond donors (Lipinski definition) is 2. The molecule has 2 aromatic carbocycles. The summed E-state index contributed by atoms with van der Waals surface area (Å²) in [5, 5.41) is 2.61. The van der Waals surface area contributed by atoms with Gasteiger partial charge in [-0.25, -0.2) is 17.9 Å². The first kappa shape index (κ1) is 20.5. The van der Waals surface area contributed by atoms with Gasteiger partial charge in [-0.3, -0.25) is 4.79 Å². The van der Waals surface area contributed by atoms with Crippen LogP contribution in [0.3, 0.4) is 0 Å². The zero-order valence-corrected chi connectivity index (χ0v) is 17.5. The van der Waals surface area contributed by atoms with E-state index in [1.807, 2.05) is 0 Å². The van der Waals surface area contributed by atoms with Gasteiger partial charge in [-0.05, 0) is 61.7 Å². The number of carbonyl (C=O) groups is 2. The monoisotopic (exact) mass is 466 g/mol. The van der Waals surface area contributed by atoms with Gasteiger partial charge >= 0.3 is 5.97 Å². The van der Waals surface area contributed by atoms with E-state index in [1.54, 1.807) is 37.3 Å². The number of aryl methyl sites for hydroxylation is 1. The molecule has 0 unspecified atom stereocenters. The molecule has 1 saturated carbocycles. The average molecular weight is 467 g/mol. The largest absolute Gasteiger partial charge is 0.452 e. The van der Waals surface area contributed by atoms with Gasteiger partial charge in [-0.15, -0.1) is 0 Å². The molecule has 3 rings (SSSR count). The summed E-state index contributed by atoms with van der Waals surface area (Å²) in [7, 11) is -3.69. The van der Waals surface area contributed by atoms with E-state index in [-0.39, 0.29) is 16.5 Å². The number of anilines is 1. The SMILES string of the molecule is Cc1ccc(S(=O)(=O)NC2CC2)cc1C(=O)OCC(=O)Nc1ccc(Br)cc1. The number of esters is 1. The number of halogens is 1. The minimum absolute atomic E-state index is 0.00346. The number of hydrogen-bond acceptors (Lipinski definition) is 5. The number of carbonyl (C=O) groups excluding carboxylic acids is 2. The molecule has 0 aromatic heterocycles. The molecule has 148 valence electrons. The van der Waals surface area contributed by atoms with Crippen molar-refractivity contribution >= 4 is 43.5 Å². The van der Waals surface area contributed by atoms with Gasteiger partial charge in [0, 0.05) is 16.2 Å². The van der Waals surface area contributed by atoms with Gasteiger partial charge in [0.2, 0.25) is 10.0 Å². The first-order chi connectivity index (χ1) is 13.2. The van der Waals surface area contributed by atoms with Crippen LogP contribution in [0.4, 0.5) is 5.69 Å². The van der Waals surface area contributed by atoms with Crippen LogP contribution in [0.15, 0.2) is 51.8 Å². The van der Waals surface area contributed by atoms with Crippen LogP contribution in [0.1, 0.15) is 28.8 Å². The fraction of sp³-hybridized carbons (Fsp3) is 0.263. The van der Waals surface area contributed by atoms with E-state index in [2.05, 4.69) is 26.0 Å². The second-order valence-electron chi connectivity index (χ2n) is 6.50. The molecule has 0 radical (unpaired) electrons. The maximum absolute atomic E-state index is 12.4. The van der Waals surface area contributed by atoms with Crippen molar-refractivity contribution in [3.05, 3.63) is 58.1 Å². The third-order valence-corrected chi connectivity index (χ3v) is 6.15. The minimum atomic E-state index is -3.69. The van der Waals surface area contributed by atoms with Gasteiger partial charge in [-0.2, -0.15) is 0 Å². The highest BCUT2D eigenvalue weighted by molar-refractivity contribution is 9.10. The van der Waals surface area contributed by atoms with Crippen LogP contribution in [0.2, 0.25) is 0 Å². The van der Waals surface area contributed by atoms with Crippen molar-refractivity contribution in [2.24, 2.45) is 0 Å². The second-order valence-corrected chi connectivity index (χ2v) is 9.13. The molecule has 1 aliphatic rings. The third-order valence-electron chi connectivity index (χ3n) is 4.10. The van der Waals surface area contributed by atoms with E-state index >= 15 is 0 Å². The molecule has 0 heterocycles. The summed E-state index contributed by atoms with van der Waals surface area (Å²) in [5.74, 6) is -1.25. The molecule has 9 heteroatoms. The molecule has 1 aliphatic carbocycles. The number of rotatable bonds is 7. The van der Waals surface area contributed by atoms with Gasteiger partial charge < -0.3 is 10.1 Å². The predicted octanol–water partition coefficient (Wildman–Crippen LogP) is 2.99. The van der Waals surface area contributed by atoms with Crippen molar-refractivity contribution in [2.45, 2.75) is 30.7 Å². The van der Waals surface area contributed by atoms with E-state index in [9.17, 15) is 18.0 Å². The molecule has 28 heavy (non-hydrogen) atoms. The predicted molar refractivity (Wildman–Crippen MR) is 108 cm³/mol. The van der Waals surface area contributed by atoms with Crippen molar-refractivity contribution in [1.82, 2.24) is 4.72 Å². The van der Waals surface area contributed by atoms with Crippen molar-refractivity contribution in [3.8, 4) is 0 Å². The Kier molecular flexibility index (Phi) is 6.17. The summed E-state index contributed by atoms with van der Waals surface area (Å²) in [6, 6.07) is 11.2. The summed E-state index contributed by atoms with van der Waals surface area (Å²) >= 11 is 3.30. The van der Waals surface area contributed by atoms with Gasteiger partial charge in [0.15, 0.2) is 6.61 Å². The fourth-order valence-electron chi connectivity index (χ4n) is 2.42. The molecule has 7 nitrogen and oxygen atoms in total. The normalized spacial score (nSPS) is 13.8. The molecule has 1 amide bonds. The van der Waals surface area contributed by atoms with Crippen molar-refractivity contribution < 1.29 is 22.7 Å². The molecular weight excluding hydrogens is 448 g/mol. The first-order valence-corrected chi connectivity index (χ1v) is 10.9. The van der Waals surface area contributed by atoms with E-state index in [4.69, 9.17) is 4.74 Å². The number of benzene rings is 2. The van der Waals surface area contributed by atoms with Crippen LogP contribution in [-0.2, 0) is 19.6 Å². The topological polar surface area (TPSA) is 102 Å². The third kappa shape index (κ3) is 5.40. The Hall–Kier alpha value is -2.23. The summed E-state index contributed by atoms with van der Waals surface area (Å²) in [4.78, 5) is 24.3. The van der Waals surface area contributed by atoms with Crippen molar-refractivity contribution in [2.75, 3.05) is 11.9 Å². The fourth-order valence-corrected chi connectivity index (χ4v) is 4.01. The summed E-state index contributed by atoms with van der Waals surface area (Å²) in [6.45, 7) is 1.19. The maximum atomic E-state index is 12.4. The molecule has 2 aromatic rings. The zero-order chi connectivity index (χ0) is 20.3. The van der Waals surface area contributed by atoms with Crippen molar-refractivity contribution in [3.63, 3.8) is 0 Å². The molecule has 0 atom stereocenters. The van der Waals surface area contributed by atoms with Crippen LogP contribution in [0.25, 0.3) is 0 Å². The Morgan fingerprint density at radius 3 is 2.46 bits per heavy atom. The Bertz CT molecular complexity index is 1000. The van der Waals surface area contributed by atoms with E-state index in [0.717, 1.165) is 17.3 Å². The highest BCUT2D eigenvalue weighted by atomic mass is 79.9. The Morgan fingerprint density at radius 2 is 1.82 bits per heavy atom. The van der Waals surface area contributed by atoms with Gasteiger partial charge in [0.25, 0.3) is 5.91 Å². The summed E-state index contributed by atoms with van der Waals surface area (Å²) < 4.78 is 33.2. The lowest BCUT2D eigenvalue weighted by Crippen LogP contribution is -2.26. The average Bonchev–Trinajstić information content (AvgIpc) is 3.45. The first-order valence-electron chi connectivity index (χ1n) is 8.60. The number of nitrogens with one attached hydrogen (secondary N) is 2. The molecule has 2 N–H and O–H groups in total. The lowest BCUT2D eigenvalue weighted by Gasteiger charge is -2.11. The van der Waals surface area contributed by atoms with Crippen LogP contribution in [0, 0.1) is 6.92 Å². The number of amides is 1. The Labute approximate surface area is 171 Å². The highest BCUT2D eigenvalue weighted by Crippen LogP contribution is 2.23. The molecule has 1 fully saturated rings. The lowest BCUT2D eigenvalue weighted by atomic mass is 10.1. The van der Waals surface area contributed by atoms with Crippen molar-refractivity contribution in [1.29, 1.82) is 0 Å². The maximum Gasteiger partial charge on any atom is 0.338 e. The standard InChI is InChI=1S/C19H19BrN2O5S/c1-12-2-9-16(28(25,26)22-15-7-8-15)10-17(12)19(24)27-11-18(23)21-14-5-3-13(20)4-6-14/h2-6,9-10,15,22H,7-8,11H2,1H3,(H,21,23). The van der Waals surface area contributed by atoms with E-state index < -0.39 is 28.5 Å². The van der Waals surface area contributed by atoms with Crippen LogP contribution >= 0.6 is 15.9 Å². The molecule has 0 spiro atoms. The highest BCUT2D eigenvalue weighted by Gasteiger charge is 2.28. The van der Waals surface area contributed by atoms with Gasteiger partial charge in [0.1, 0.15) is 0 Å². The number of sulfonamides is 1. The Morgan fingerprint density at radius 1 is 1.14 bits per heavy atom. The smallest absolute Gasteiger partial charge is 0.338 e. The van der Waals surface area contributed by atoms with Crippen LogP contribution in [0.5, 0.6) is 0 Å². The summed E-state index contributed by atoms with van der Waals surface area (Å²) in [6.07, 6.45) is 1.63. The van der Waals surface area contributed by atoms with Gasteiger partial charge in [0.05, 0.1) is 10.5 Å². The lowest BCUT2D eigenvalue weighted by molar-refractivity contribution is -0.119. The van der Waals surface area contributed by atoms with Crippen LogP contribution in [-0.4, -0.2) is 32.9 Å². The molecule has 0 aliphatic heterocycles. The number of ether oxygens (including phenoxy) is 1. The molecule has 0 bridgehead atoms. The molecular formula is C19H19BrN2O5S. The molecule has 0 saturated heterocycles. The zero-order valence-electron chi connectivity index (χ0n) is 15.1. The summed E-state index contributed by atoms with van der Waals surface area (Å²) in [5.41, 5.74) is 1.23. The van der Waals surface area contributed by atoms with E-state index in [0.29, 0.717) is 11.3 Å². The van der Waals surface area contributed by atoms with Gasteiger partial charge in [-0.1, -0.05) is 22.0 Å². The quantitative estimate of drug-likeness (QED) is 0.610. The minimum Gasteiger partial charge on any atom is -0.452 e. The second kappa shape index (κ2) is 8.42. The van der Waals surface area contributed by atoms with Crippen LogP contribution < -0.4 is 10.0 Å².